The maximum absolute atomic E-state index is 14.0. The molecule has 0 aromatic carbocycles. The molecule has 0 radical (unpaired) electrons. The van der Waals surface area contributed by atoms with Gasteiger partial charge in [-0.15, -0.1) is 0 Å². The highest BCUT2D eigenvalue weighted by atomic mass is 35.5. The molecule has 2 N–H and O–H groups in total. The Bertz CT molecular complexity index is 1350. The predicted molar refractivity (Wildman–Crippen MR) is 112 cm³/mol. The van der Waals surface area contributed by atoms with Gasteiger partial charge in [0.2, 0.25) is 0 Å². The van der Waals surface area contributed by atoms with Crippen molar-refractivity contribution in [2.24, 2.45) is 0 Å². The second-order valence-corrected chi connectivity index (χ2v) is 7.67. The van der Waals surface area contributed by atoms with Crippen molar-refractivity contribution in [1.82, 2.24) is 15.3 Å². The van der Waals surface area contributed by atoms with Gasteiger partial charge < -0.3 is 15.3 Å². The van der Waals surface area contributed by atoms with E-state index in [0.29, 0.717) is 17.3 Å². The predicted octanol–water partition coefficient (Wildman–Crippen LogP) is 4.62. The van der Waals surface area contributed by atoms with Crippen molar-refractivity contribution in [3.63, 3.8) is 0 Å². The third kappa shape index (κ3) is 5.37. The zero-order valence-electron chi connectivity index (χ0n) is 17.1. The number of aliphatic carboxylic acids is 1. The number of nitriles is 1. The summed E-state index contributed by atoms with van der Waals surface area (Å²) in [7, 11) is 0. The minimum atomic E-state index is -5.28. The standard InChI is InChI=1S/C20H9Cl2F6N5O3/c21-15-11(3-8(6-31-15)19(23,24)25)17(34)32-14-12(20(26,27)28)7-33(16(22)13(14)18(35)36)10-1-2-30-9(4-10)5-29/h1-4,6-7,16H,(H,32,34)(H,35,36). The minimum Gasteiger partial charge on any atom is -0.478 e. The Balaban J connectivity index is 2.15. The van der Waals surface area contributed by atoms with Gasteiger partial charge >= 0.3 is 18.3 Å². The number of rotatable bonds is 4. The third-order valence-electron chi connectivity index (χ3n) is 4.63. The number of carboxylic acids is 1. The summed E-state index contributed by atoms with van der Waals surface area (Å²) in [5.74, 6) is -3.58. The molecule has 36 heavy (non-hydrogen) atoms. The average Bonchev–Trinajstić information content (AvgIpc) is 2.77. The van der Waals surface area contributed by atoms with Crippen LogP contribution < -0.4 is 10.2 Å². The van der Waals surface area contributed by atoms with E-state index >= 15 is 0 Å². The lowest BCUT2D eigenvalue weighted by Crippen LogP contribution is -2.42. The minimum absolute atomic E-state index is 0.141. The van der Waals surface area contributed by atoms with Crippen LogP contribution in [0.25, 0.3) is 0 Å². The summed E-state index contributed by atoms with van der Waals surface area (Å²) in [4.78, 5) is 32.2. The molecule has 0 aliphatic carbocycles. The number of halogens is 8. The van der Waals surface area contributed by atoms with Crippen LogP contribution in [0.5, 0.6) is 0 Å². The fraction of sp³-hybridized carbons (Fsp3) is 0.150. The highest BCUT2D eigenvalue weighted by Gasteiger charge is 2.45. The molecule has 1 aliphatic rings. The quantitative estimate of drug-likeness (QED) is 0.246. The van der Waals surface area contributed by atoms with Gasteiger partial charge in [0.05, 0.1) is 28.0 Å². The fourth-order valence-electron chi connectivity index (χ4n) is 3.02. The van der Waals surface area contributed by atoms with Gasteiger partial charge in [0.25, 0.3) is 5.91 Å². The number of carbonyl (C=O) groups is 2. The van der Waals surface area contributed by atoms with E-state index in [9.17, 15) is 41.0 Å². The number of nitrogens with zero attached hydrogens (tertiary/aromatic N) is 4. The Labute approximate surface area is 207 Å². The number of nitrogens with one attached hydrogen (secondary N) is 1. The van der Waals surface area contributed by atoms with Gasteiger partial charge in [-0.1, -0.05) is 23.2 Å². The van der Waals surface area contributed by atoms with Crippen molar-refractivity contribution in [2.75, 3.05) is 4.90 Å². The van der Waals surface area contributed by atoms with Crippen LogP contribution in [0.3, 0.4) is 0 Å². The number of anilines is 1. The maximum Gasteiger partial charge on any atom is 0.419 e. The molecule has 3 heterocycles. The van der Waals surface area contributed by atoms with Crippen LogP contribution in [0.4, 0.5) is 32.0 Å². The largest absolute Gasteiger partial charge is 0.478 e. The van der Waals surface area contributed by atoms with Gasteiger partial charge in [0, 0.05) is 24.3 Å². The summed E-state index contributed by atoms with van der Waals surface area (Å²) in [5, 5.41) is 19.5. The van der Waals surface area contributed by atoms with E-state index in [1.54, 1.807) is 11.4 Å². The molecule has 0 spiro atoms. The fourth-order valence-corrected chi connectivity index (χ4v) is 3.58. The van der Waals surface area contributed by atoms with Gasteiger partial charge in [0.1, 0.15) is 22.4 Å². The number of hydrogen-bond donors (Lipinski definition) is 2. The van der Waals surface area contributed by atoms with E-state index in [2.05, 4.69) is 9.97 Å². The Morgan fingerprint density at radius 1 is 1.14 bits per heavy atom. The lowest BCUT2D eigenvalue weighted by Gasteiger charge is -2.34. The molecule has 0 saturated carbocycles. The number of carbonyl (C=O) groups excluding carboxylic acids is 1. The molecule has 2 aromatic heterocycles. The molecule has 1 aliphatic heterocycles. The number of allylic oxidation sites excluding steroid dienone is 1. The van der Waals surface area contributed by atoms with Crippen molar-refractivity contribution in [2.45, 2.75) is 17.9 Å². The van der Waals surface area contributed by atoms with Crippen molar-refractivity contribution in [3.05, 3.63) is 75.6 Å². The van der Waals surface area contributed by atoms with Crippen LogP contribution in [0.2, 0.25) is 5.15 Å². The monoisotopic (exact) mass is 551 g/mol. The molecule has 8 nitrogen and oxygen atoms in total. The number of aromatic nitrogens is 2. The molecule has 0 bridgehead atoms. The van der Waals surface area contributed by atoms with Crippen LogP contribution in [-0.2, 0) is 11.0 Å². The first-order valence-corrected chi connectivity index (χ1v) is 10.1. The molecule has 16 heteroatoms. The number of pyridine rings is 2. The molecule has 3 rings (SSSR count). The van der Waals surface area contributed by atoms with E-state index in [1.807, 2.05) is 0 Å². The van der Waals surface area contributed by atoms with E-state index in [4.69, 9.17) is 28.5 Å². The molecular formula is C20H9Cl2F6N5O3. The topological polar surface area (TPSA) is 119 Å². The first-order valence-electron chi connectivity index (χ1n) is 9.24. The summed E-state index contributed by atoms with van der Waals surface area (Å²) in [6.45, 7) is 0. The molecule has 2 aromatic rings. The second-order valence-electron chi connectivity index (χ2n) is 6.90. The second kappa shape index (κ2) is 9.67. The van der Waals surface area contributed by atoms with Gasteiger partial charge in [-0.3, -0.25) is 4.79 Å². The van der Waals surface area contributed by atoms with Gasteiger partial charge in [0.15, 0.2) is 0 Å². The molecule has 1 atom stereocenters. The van der Waals surface area contributed by atoms with Crippen molar-refractivity contribution in [3.8, 4) is 6.07 Å². The highest BCUT2D eigenvalue weighted by Crippen LogP contribution is 2.40. The smallest absolute Gasteiger partial charge is 0.419 e. The molecule has 0 saturated heterocycles. The summed E-state index contributed by atoms with van der Waals surface area (Å²) >= 11 is 11.8. The Morgan fingerprint density at radius 2 is 1.81 bits per heavy atom. The van der Waals surface area contributed by atoms with Crippen LogP contribution in [-0.4, -0.2) is 38.6 Å². The van der Waals surface area contributed by atoms with Crippen molar-refractivity contribution in [1.29, 1.82) is 5.26 Å². The van der Waals surface area contributed by atoms with Crippen LogP contribution >= 0.6 is 23.2 Å². The Hall–Kier alpha value is -3.83. The first-order chi connectivity index (χ1) is 16.6. The van der Waals surface area contributed by atoms with Crippen LogP contribution in [0.1, 0.15) is 21.6 Å². The van der Waals surface area contributed by atoms with E-state index in [1.165, 1.54) is 0 Å². The van der Waals surface area contributed by atoms with Crippen LogP contribution in [0.15, 0.2) is 53.6 Å². The zero-order valence-corrected chi connectivity index (χ0v) is 18.6. The lowest BCUT2D eigenvalue weighted by molar-refractivity contribution is -0.138. The SMILES string of the molecule is N#Cc1cc(N2C=C(C(F)(F)F)C(NC(=O)c3cc(C(F)(F)F)cnc3Cl)=C(C(=O)O)C2Cl)ccn1. The molecular weight excluding hydrogens is 543 g/mol. The summed E-state index contributed by atoms with van der Waals surface area (Å²) in [6.07, 6.45) is -8.49. The van der Waals surface area contributed by atoms with Gasteiger partial charge in [-0.2, -0.15) is 31.6 Å². The summed E-state index contributed by atoms with van der Waals surface area (Å²) in [5.41, 5.74) is -8.80. The number of hydrogen-bond acceptors (Lipinski definition) is 6. The van der Waals surface area contributed by atoms with E-state index in [-0.39, 0.29) is 17.4 Å². The number of carboxylic acid groups (broad SMARTS) is 1. The van der Waals surface area contributed by atoms with Gasteiger partial charge in [-0.25, -0.2) is 14.8 Å². The van der Waals surface area contributed by atoms with Gasteiger partial charge in [-0.05, 0) is 18.2 Å². The normalized spacial score (nSPS) is 16.4. The molecule has 1 unspecified atom stereocenters. The Morgan fingerprint density at radius 3 is 2.36 bits per heavy atom. The third-order valence-corrected chi connectivity index (χ3v) is 5.36. The maximum atomic E-state index is 14.0. The first kappa shape index (κ1) is 26.8. The van der Waals surface area contributed by atoms with E-state index in [0.717, 1.165) is 18.3 Å². The molecule has 0 fully saturated rings. The number of alkyl halides is 7. The van der Waals surface area contributed by atoms with Crippen molar-refractivity contribution < 1.29 is 41.0 Å². The Kier molecular flexibility index (Phi) is 7.19. The lowest BCUT2D eigenvalue weighted by atomic mass is 10.0. The summed E-state index contributed by atoms with van der Waals surface area (Å²) < 4.78 is 81.0. The average molecular weight is 552 g/mol. The van der Waals surface area contributed by atoms with E-state index < -0.39 is 62.9 Å². The zero-order chi connectivity index (χ0) is 27.0. The van der Waals surface area contributed by atoms with Crippen LogP contribution in [0, 0.1) is 11.3 Å². The van der Waals surface area contributed by atoms with Crippen molar-refractivity contribution >= 4 is 40.8 Å². The number of amides is 1. The summed E-state index contributed by atoms with van der Waals surface area (Å²) in [6, 6.07) is 4.10. The molecule has 188 valence electrons. The highest BCUT2D eigenvalue weighted by molar-refractivity contribution is 6.32. The molecule has 1 amide bonds.